The van der Waals surface area contributed by atoms with Crippen molar-refractivity contribution in [1.82, 2.24) is 14.8 Å². The topological polar surface area (TPSA) is 95.1 Å². The molecule has 0 radical (unpaired) electrons. The van der Waals surface area contributed by atoms with Crippen molar-refractivity contribution in [3.05, 3.63) is 95.7 Å². The van der Waals surface area contributed by atoms with Gasteiger partial charge < -0.3 is 29.4 Å². The minimum Gasteiger partial charge on any atom is -0.497 e. The average molecular weight is 514 g/mol. The number of ether oxygens (including phenoxy) is 2. The highest BCUT2D eigenvalue weighted by atomic mass is 16.5. The Morgan fingerprint density at radius 3 is 2.61 bits per heavy atom. The average Bonchev–Trinajstić information content (AvgIpc) is 3.37. The highest BCUT2D eigenvalue weighted by Gasteiger charge is 2.35. The maximum Gasteiger partial charge on any atom is 0.270 e. The molecule has 196 valence electrons. The zero-order chi connectivity index (χ0) is 26.5. The normalized spacial score (nSPS) is 15.6. The molecule has 1 aromatic heterocycles. The summed E-state index contributed by atoms with van der Waals surface area (Å²) in [4.78, 5) is 33.7. The molecule has 2 amide bonds. The van der Waals surface area contributed by atoms with E-state index in [0.29, 0.717) is 36.7 Å². The summed E-state index contributed by atoms with van der Waals surface area (Å²) in [6, 6.07) is 24.8. The SMILES string of the molecule is COc1ccc2[nH]c(C(=O)N3CC(=O)N(Cc4cccc(OCCO)c4)[C@@H](Cc4ccccc4)C3)cc2c1. The van der Waals surface area contributed by atoms with Gasteiger partial charge >= 0.3 is 0 Å². The Labute approximate surface area is 221 Å². The van der Waals surface area contributed by atoms with Crippen molar-refractivity contribution in [2.45, 2.75) is 19.0 Å². The molecule has 5 rings (SSSR count). The number of aliphatic hydroxyl groups excluding tert-OH is 1. The van der Waals surface area contributed by atoms with Crippen LogP contribution >= 0.6 is 0 Å². The molecular weight excluding hydrogens is 482 g/mol. The van der Waals surface area contributed by atoms with Gasteiger partial charge in [-0.1, -0.05) is 42.5 Å². The van der Waals surface area contributed by atoms with Gasteiger partial charge in [-0.3, -0.25) is 9.59 Å². The van der Waals surface area contributed by atoms with Crippen LogP contribution < -0.4 is 9.47 Å². The molecule has 0 aliphatic carbocycles. The fourth-order valence-electron chi connectivity index (χ4n) is 4.93. The standard InChI is InChI=1S/C30H31N3O5/c1-37-25-10-11-27-23(16-25)17-28(31-27)30(36)32-19-24(14-21-6-3-2-4-7-21)33(29(35)20-32)18-22-8-5-9-26(15-22)38-13-12-34/h2-11,15-17,24,31,34H,12-14,18-20H2,1H3/t24-/m0/s1. The second-order valence-electron chi connectivity index (χ2n) is 9.41. The van der Waals surface area contributed by atoms with E-state index in [9.17, 15) is 9.59 Å². The molecule has 0 bridgehead atoms. The summed E-state index contributed by atoms with van der Waals surface area (Å²) >= 11 is 0. The summed E-state index contributed by atoms with van der Waals surface area (Å²) in [6.07, 6.45) is 0.626. The van der Waals surface area contributed by atoms with E-state index < -0.39 is 0 Å². The van der Waals surface area contributed by atoms with E-state index in [4.69, 9.17) is 14.6 Å². The number of H-pyrrole nitrogens is 1. The quantitative estimate of drug-likeness (QED) is 0.356. The van der Waals surface area contributed by atoms with Gasteiger partial charge in [0.15, 0.2) is 0 Å². The van der Waals surface area contributed by atoms with E-state index in [2.05, 4.69) is 4.98 Å². The van der Waals surface area contributed by atoms with E-state index in [1.807, 2.05) is 77.7 Å². The Morgan fingerprint density at radius 1 is 1.00 bits per heavy atom. The van der Waals surface area contributed by atoms with Crippen LogP contribution in [0.5, 0.6) is 11.5 Å². The molecule has 0 unspecified atom stereocenters. The second kappa shape index (κ2) is 11.4. The molecule has 2 N–H and O–H groups in total. The van der Waals surface area contributed by atoms with E-state index >= 15 is 0 Å². The van der Waals surface area contributed by atoms with Gasteiger partial charge in [0.25, 0.3) is 5.91 Å². The van der Waals surface area contributed by atoms with Crippen LogP contribution in [0, 0.1) is 0 Å². The number of nitrogens with zero attached hydrogens (tertiary/aromatic N) is 2. The van der Waals surface area contributed by atoms with Crippen LogP contribution in [0.3, 0.4) is 0 Å². The van der Waals surface area contributed by atoms with Gasteiger partial charge in [-0.05, 0) is 53.9 Å². The summed E-state index contributed by atoms with van der Waals surface area (Å²) in [5.74, 6) is 1.05. The lowest BCUT2D eigenvalue weighted by molar-refractivity contribution is -0.139. The number of fused-ring (bicyclic) bond motifs is 1. The summed E-state index contributed by atoms with van der Waals surface area (Å²) < 4.78 is 10.9. The molecule has 8 nitrogen and oxygen atoms in total. The largest absolute Gasteiger partial charge is 0.497 e. The van der Waals surface area contributed by atoms with Crippen LogP contribution in [0.25, 0.3) is 10.9 Å². The molecule has 8 heteroatoms. The number of rotatable bonds is 9. The third-order valence-corrected chi connectivity index (χ3v) is 6.79. The van der Waals surface area contributed by atoms with Crippen molar-refractivity contribution in [2.24, 2.45) is 0 Å². The van der Waals surface area contributed by atoms with E-state index in [1.54, 1.807) is 18.1 Å². The van der Waals surface area contributed by atoms with Gasteiger partial charge in [0.05, 0.1) is 19.8 Å². The molecule has 0 spiro atoms. The smallest absolute Gasteiger partial charge is 0.270 e. The second-order valence-corrected chi connectivity index (χ2v) is 9.41. The maximum absolute atomic E-state index is 13.5. The minimum absolute atomic E-state index is 0.00348. The van der Waals surface area contributed by atoms with E-state index in [1.165, 1.54) is 0 Å². The predicted molar refractivity (Wildman–Crippen MR) is 144 cm³/mol. The number of hydrogen-bond acceptors (Lipinski definition) is 5. The number of carbonyl (C=O) groups excluding carboxylic acids is 2. The zero-order valence-electron chi connectivity index (χ0n) is 21.3. The number of hydrogen-bond donors (Lipinski definition) is 2. The van der Waals surface area contributed by atoms with E-state index in [-0.39, 0.29) is 37.6 Å². The Morgan fingerprint density at radius 2 is 1.82 bits per heavy atom. The van der Waals surface area contributed by atoms with Crippen molar-refractivity contribution < 1.29 is 24.2 Å². The van der Waals surface area contributed by atoms with Gasteiger partial charge in [0.1, 0.15) is 30.3 Å². The van der Waals surface area contributed by atoms with Crippen LogP contribution in [0.15, 0.2) is 78.9 Å². The lowest BCUT2D eigenvalue weighted by Gasteiger charge is -2.41. The predicted octanol–water partition coefficient (Wildman–Crippen LogP) is 3.64. The third-order valence-electron chi connectivity index (χ3n) is 6.79. The maximum atomic E-state index is 13.5. The van der Waals surface area contributed by atoms with Gasteiger partial charge in [0.2, 0.25) is 5.91 Å². The summed E-state index contributed by atoms with van der Waals surface area (Å²) in [5.41, 5.74) is 3.31. The first-order chi connectivity index (χ1) is 18.5. The van der Waals surface area contributed by atoms with Crippen molar-refractivity contribution >= 4 is 22.7 Å². The lowest BCUT2D eigenvalue weighted by Crippen LogP contribution is -2.58. The fourth-order valence-corrected chi connectivity index (χ4v) is 4.93. The molecule has 2 heterocycles. The number of aliphatic hydroxyl groups is 1. The monoisotopic (exact) mass is 513 g/mol. The molecule has 1 aliphatic rings. The van der Waals surface area contributed by atoms with Gasteiger partial charge in [0, 0.05) is 24.0 Å². The molecule has 1 atom stereocenters. The number of aromatic nitrogens is 1. The fraction of sp³-hybridized carbons (Fsp3) is 0.267. The molecule has 1 saturated heterocycles. The highest BCUT2D eigenvalue weighted by molar-refractivity contribution is 6.00. The van der Waals surface area contributed by atoms with Crippen molar-refractivity contribution in [3.63, 3.8) is 0 Å². The Bertz CT molecular complexity index is 1420. The van der Waals surface area contributed by atoms with Crippen molar-refractivity contribution in [1.29, 1.82) is 0 Å². The highest BCUT2D eigenvalue weighted by Crippen LogP contribution is 2.25. The Kier molecular flexibility index (Phi) is 7.60. The van der Waals surface area contributed by atoms with Crippen LogP contribution in [-0.2, 0) is 17.8 Å². The summed E-state index contributed by atoms with van der Waals surface area (Å²) in [6.45, 7) is 0.964. The molecule has 3 aromatic carbocycles. The first kappa shape index (κ1) is 25.4. The molecule has 4 aromatic rings. The van der Waals surface area contributed by atoms with Gasteiger partial charge in [-0.15, -0.1) is 0 Å². The number of amides is 2. The number of benzene rings is 3. The van der Waals surface area contributed by atoms with Crippen LogP contribution in [0.1, 0.15) is 21.6 Å². The lowest BCUT2D eigenvalue weighted by atomic mass is 10.0. The number of methoxy groups -OCH3 is 1. The first-order valence-corrected chi connectivity index (χ1v) is 12.7. The van der Waals surface area contributed by atoms with Gasteiger partial charge in [-0.25, -0.2) is 0 Å². The minimum atomic E-state index is -0.203. The number of nitrogens with one attached hydrogen (secondary N) is 1. The van der Waals surface area contributed by atoms with E-state index in [0.717, 1.165) is 22.0 Å². The van der Waals surface area contributed by atoms with Crippen LogP contribution in [0.2, 0.25) is 0 Å². The zero-order valence-corrected chi connectivity index (χ0v) is 21.3. The number of carbonyl (C=O) groups is 2. The summed E-state index contributed by atoms with van der Waals surface area (Å²) in [7, 11) is 1.61. The van der Waals surface area contributed by atoms with Crippen molar-refractivity contribution in [3.8, 4) is 11.5 Å². The molecule has 1 aliphatic heterocycles. The molecule has 38 heavy (non-hydrogen) atoms. The summed E-state index contributed by atoms with van der Waals surface area (Å²) in [5, 5.41) is 9.94. The molecule has 0 saturated carbocycles. The van der Waals surface area contributed by atoms with Gasteiger partial charge in [-0.2, -0.15) is 0 Å². The third kappa shape index (κ3) is 5.65. The van der Waals surface area contributed by atoms with Crippen molar-refractivity contribution in [2.75, 3.05) is 33.4 Å². The Balaban J connectivity index is 1.38. The van der Waals surface area contributed by atoms with Crippen LogP contribution in [0.4, 0.5) is 0 Å². The number of aromatic amines is 1. The van der Waals surface area contributed by atoms with Crippen LogP contribution in [-0.4, -0.2) is 71.2 Å². The molecule has 1 fully saturated rings. The number of piperazine rings is 1. The molecular formula is C30H31N3O5. The first-order valence-electron chi connectivity index (χ1n) is 12.7. The Hall–Kier alpha value is -4.30.